The minimum absolute atomic E-state index is 0.122. The van der Waals surface area contributed by atoms with Crippen LogP contribution in [-0.4, -0.2) is 63.4 Å². The first kappa shape index (κ1) is 26.1. The number of rotatable bonds is 13. The van der Waals surface area contributed by atoms with E-state index in [1.165, 1.54) is 12.5 Å². The molecule has 0 bridgehead atoms. The standard InChI is InChI=1S/C20H34N6O5/c1-5-11(3)16(19(29)26-17(20(30)31)12(4)6-2)25-18(28)14(24-15(27)8-21)7-13-9-22-10-23-13/h9-12,14,16-17H,5-8,21H2,1-4H3,(H,22,23)(H,24,27)(H,25,28)(H,26,29)(H,30,31). The maximum atomic E-state index is 13.0. The van der Waals surface area contributed by atoms with Crippen molar-refractivity contribution < 1.29 is 24.3 Å². The molecule has 0 aliphatic carbocycles. The highest BCUT2D eigenvalue weighted by molar-refractivity contribution is 5.93. The molecule has 7 N–H and O–H groups in total. The zero-order valence-corrected chi connectivity index (χ0v) is 18.5. The summed E-state index contributed by atoms with van der Waals surface area (Å²) in [6.45, 7) is 6.92. The molecule has 31 heavy (non-hydrogen) atoms. The number of carboxylic acids is 1. The zero-order chi connectivity index (χ0) is 23.6. The smallest absolute Gasteiger partial charge is 0.326 e. The quantitative estimate of drug-likeness (QED) is 0.241. The summed E-state index contributed by atoms with van der Waals surface area (Å²) in [6.07, 6.45) is 4.23. The number of imidazole rings is 1. The van der Waals surface area contributed by atoms with Gasteiger partial charge in [-0.25, -0.2) is 9.78 Å². The normalized spacial score (nSPS) is 15.8. The van der Waals surface area contributed by atoms with Crippen molar-refractivity contribution in [2.45, 2.75) is 65.1 Å². The van der Waals surface area contributed by atoms with Crippen LogP contribution in [0.5, 0.6) is 0 Å². The Morgan fingerprint density at radius 3 is 2.10 bits per heavy atom. The molecular formula is C20H34N6O5. The van der Waals surface area contributed by atoms with Gasteiger partial charge in [-0.05, 0) is 11.8 Å². The molecule has 1 heterocycles. The maximum absolute atomic E-state index is 13.0. The van der Waals surface area contributed by atoms with Crippen molar-refractivity contribution in [1.29, 1.82) is 0 Å². The first-order valence-corrected chi connectivity index (χ1v) is 10.4. The average Bonchev–Trinajstić information content (AvgIpc) is 3.26. The second-order valence-corrected chi connectivity index (χ2v) is 7.69. The summed E-state index contributed by atoms with van der Waals surface area (Å²) in [7, 11) is 0. The van der Waals surface area contributed by atoms with Crippen LogP contribution in [0.2, 0.25) is 0 Å². The van der Waals surface area contributed by atoms with Gasteiger partial charge in [-0.3, -0.25) is 14.4 Å². The molecule has 0 saturated carbocycles. The highest BCUT2D eigenvalue weighted by Gasteiger charge is 2.33. The number of aromatic amines is 1. The third kappa shape index (κ3) is 8.00. The molecule has 3 amide bonds. The molecule has 1 aromatic heterocycles. The molecule has 0 fully saturated rings. The second kappa shape index (κ2) is 12.7. The predicted molar refractivity (Wildman–Crippen MR) is 114 cm³/mol. The van der Waals surface area contributed by atoms with E-state index < -0.39 is 41.8 Å². The van der Waals surface area contributed by atoms with Crippen molar-refractivity contribution in [3.05, 3.63) is 18.2 Å². The Balaban J connectivity index is 3.02. The van der Waals surface area contributed by atoms with Crippen molar-refractivity contribution in [2.75, 3.05) is 6.54 Å². The third-order valence-electron chi connectivity index (χ3n) is 5.39. The van der Waals surface area contributed by atoms with E-state index in [9.17, 15) is 24.3 Å². The number of H-pyrrole nitrogens is 1. The SMILES string of the molecule is CCC(C)C(NC(=O)C(NC(=O)C(Cc1cnc[nH]1)NC(=O)CN)C(C)CC)C(=O)O. The van der Waals surface area contributed by atoms with Crippen LogP contribution in [0.3, 0.4) is 0 Å². The molecule has 0 radical (unpaired) electrons. The van der Waals surface area contributed by atoms with E-state index in [1.807, 2.05) is 13.8 Å². The van der Waals surface area contributed by atoms with Gasteiger partial charge < -0.3 is 31.8 Å². The van der Waals surface area contributed by atoms with Crippen LogP contribution < -0.4 is 21.7 Å². The highest BCUT2D eigenvalue weighted by Crippen LogP contribution is 2.13. The molecule has 5 atom stereocenters. The van der Waals surface area contributed by atoms with Crippen LogP contribution in [0.15, 0.2) is 12.5 Å². The number of aliphatic carboxylic acids is 1. The number of carboxylic acid groups (broad SMARTS) is 1. The van der Waals surface area contributed by atoms with Crippen molar-refractivity contribution in [2.24, 2.45) is 17.6 Å². The largest absolute Gasteiger partial charge is 0.480 e. The lowest BCUT2D eigenvalue weighted by Gasteiger charge is -2.28. The van der Waals surface area contributed by atoms with E-state index >= 15 is 0 Å². The van der Waals surface area contributed by atoms with E-state index in [0.29, 0.717) is 18.5 Å². The van der Waals surface area contributed by atoms with Crippen molar-refractivity contribution in [3.8, 4) is 0 Å². The van der Waals surface area contributed by atoms with Gasteiger partial charge in [0.1, 0.15) is 18.1 Å². The van der Waals surface area contributed by atoms with Crippen LogP contribution in [-0.2, 0) is 25.6 Å². The van der Waals surface area contributed by atoms with Crippen LogP contribution in [0.1, 0.15) is 46.2 Å². The molecule has 0 aliphatic heterocycles. The van der Waals surface area contributed by atoms with E-state index in [0.717, 1.165) is 0 Å². The second-order valence-electron chi connectivity index (χ2n) is 7.69. The number of hydrogen-bond donors (Lipinski definition) is 6. The van der Waals surface area contributed by atoms with Gasteiger partial charge in [0.15, 0.2) is 0 Å². The Labute approximate surface area is 181 Å². The Hall–Kier alpha value is -2.95. The topological polar surface area (TPSA) is 179 Å². The molecule has 5 unspecified atom stereocenters. The summed E-state index contributed by atoms with van der Waals surface area (Å²) in [5.41, 5.74) is 5.97. The van der Waals surface area contributed by atoms with E-state index in [2.05, 4.69) is 25.9 Å². The number of carbonyl (C=O) groups is 4. The summed E-state index contributed by atoms with van der Waals surface area (Å²) in [5.74, 6) is -3.37. The number of nitrogens with two attached hydrogens (primary N) is 1. The van der Waals surface area contributed by atoms with Crippen molar-refractivity contribution in [3.63, 3.8) is 0 Å². The fraction of sp³-hybridized carbons (Fsp3) is 0.650. The molecule has 0 saturated heterocycles. The lowest BCUT2D eigenvalue weighted by Crippen LogP contribution is -2.59. The minimum Gasteiger partial charge on any atom is -0.480 e. The lowest BCUT2D eigenvalue weighted by atomic mass is 9.95. The first-order chi connectivity index (χ1) is 14.6. The molecule has 0 spiro atoms. The predicted octanol–water partition coefficient (Wildman–Crippen LogP) is -0.458. The Morgan fingerprint density at radius 2 is 1.61 bits per heavy atom. The van der Waals surface area contributed by atoms with Gasteiger partial charge in [-0.2, -0.15) is 0 Å². The first-order valence-electron chi connectivity index (χ1n) is 10.4. The summed E-state index contributed by atoms with van der Waals surface area (Å²) in [6, 6.07) is -3.03. The molecule has 174 valence electrons. The van der Waals surface area contributed by atoms with Gasteiger partial charge in [-0.15, -0.1) is 0 Å². The third-order valence-corrected chi connectivity index (χ3v) is 5.39. The van der Waals surface area contributed by atoms with Crippen molar-refractivity contribution in [1.82, 2.24) is 25.9 Å². The molecule has 11 heteroatoms. The molecule has 11 nitrogen and oxygen atoms in total. The van der Waals surface area contributed by atoms with Crippen molar-refractivity contribution >= 4 is 23.7 Å². The summed E-state index contributed by atoms with van der Waals surface area (Å²) in [4.78, 5) is 56.0. The van der Waals surface area contributed by atoms with Crippen LogP contribution in [0.4, 0.5) is 0 Å². The fourth-order valence-electron chi connectivity index (χ4n) is 2.96. The van der Waals surface area contributed by atoms with Gasteiger partial charge in [0.05, 0.1) is 12.9 Å². The highest BCUT2D eigenvalue weighted by atomic mass is 16.4. The minimum atomic E-state index is -1.13. The van der Waals surface area contributed by atoms with Gasteiger partial charge in [0.2, 0.25) is 17.7 Å². The zero-order valence-electron chi connectivity index (χ0n) is 18.5. The Bertz CT molecular complexity index is 738. The number of hydrogen-bond acceptors (Lipinski definition) is 6. The van der Waals surface area contributed by atoms with E-state index in [4.69, 9.17) is 5.73 Å². The molecule has 0 aliphatic rings. The Morgan fingerprint density at radius 1 is 1.03 bits per heavy atom. The van der Waals surface area contributed by atoms with Gasteiger partial charge in [-0.1, -0.05) is 40.5 Å². The fourth-order valence-corrected chi connectivity index (χ4v) is 2.96. The number of nitrogens with one attached hydrogen (secondary N) is 4. The van der Waals surface area contributed by atoms with Crippen LogP contribution in [0, 0.1) is 11.8 Å². The van der Waals surface area contributed by atoms with E-state index in [-0.39, 0.29) is 24.8 Å². The summed E-state index contributed by atoms with van der Waals surface area (Å²) >= 11 is 0. The van der Waals surface area contributed by atoms with E-state index in [1.54, 1.807) is 13.8 Å². The average molecular weight is 439 g/mol. The van der Waals surface area contributed by atoms with Gasteiger partial charge in [0, 0.05) is 18.3 Å². The number of aromatic nitrogens is 2. The lowest BCUT2D eigenvalue weighted by molar-refractivity contribution is -0.144. The summed E-state index contributed by atoms with van der Waals surface area (Å²) in [5, 5.41) is 17.2. The number of nitrogens with zero attached hydrogens (tertiary/aromatic N) is 1. The molecular weight excluding hydrogens is 404 g/mol. The van der Waals surface area contributed by atoms with Crippen LogP contribution >= 0.6 is 0 Å². The maximum Gasteiger partial charge on any atom is 0.326 e. The number of amides is 3. The monoisotopic (exact) mass is 438 g/mol. The van der Waals surface area contributed by atoms with Gasteiger partial charge in [0.25, 0.3) is 0 Å². The summed E-state index contributed by atoms with van der Waals surface area (Å²) < 4.78 is 0. The Kier molecular flexibility index (Phi) is 10.7. The molecule has 1 aromatic rings. The van der Waals surface area contributed by atoms with Gasteiger partial charge >= 0.3 is 5.97 Å². The van der Waals surface area contributed by atoms with Crippen LogP contribution in [0.25, 0.3) is 0 Å². The molecule has 1 rings (SSSR count). The number of carbonyl (C=O) groups excluding carboxylic acids is 3. The molecule has 0 aromatic carbocycles.